The first-order chi connectivity index (χ1) is 12.3. The van der Waals surface area contributed by atoms with Gasteiger partial charge in [-0.05, 0) is 36.8 Å². The highest BCUT2D eigenvalue weighted by molar-refractivity contribution is 5.95. The molecule has 0 saturated carbocycles. The number of nitro groups is 1. The summed E-state index contributed by atoms with van der Waals surface area (Å²) in [5.74, 6) is -0.384. The lowest BCUT2D eigenvalue weighted by molar-refractivity contribution is -0.384. The largest absolute Gasteiger partial charge is 0.375 e. The second-order valence-corrected chi connectivity index (χ2v) is 6.24. The van der Waals surface area contributed by atoms with E-state index in [-0.39, 0.29) is 23.3 Å². The smallest absolute Gasteiger partial charge is 0.293 e. The molecule has 0 radical (unpaired) electrons. The zero-order chi connectivity index (χ0) is 19.3. The van der Waals surface area contributed by atoms with E-state index in [1.54, 1.807) is 18.2 Å². The predicted molar refractivity (Wildman–Crippen MR) is 100 cm³/mol. The molecule has 0 aliphatic heterocycles. The van der Waals surface area contributed by atoms with Gasteiger partial charge in [0.2, 0.25) is 5.91 Å². The number of nitro benzene ring substituents is 1. The van der Waals surface area contributed by atoms with Crippen LogP contribution in [0.3, 0.4) is 0 Å². The lowest BCUT2D eigenvalue weighted by atomic mass is 10.1. The number of amides is 1. The van der Waals surface area contributed by atoms with Gasteiger partial charge in [-0.2, -0.15) is 0 Å². The molecule has 26 heavy (non-hydrogen) atoms. The van der Waals surface area contributed by atoms with Crippen LogP contribution in [0.25, 0.3) is 0 Å². The van der Waals surface area contributed by atoms with E-state index in [1.165, 1.54) is 19.1 Å². The van der Waals surface area contributed by atoms with Crippen molar-refractivity contribution in [1.82, 2.24) is 0 Å². The van der Waals surface area contributed by atoms with Crippen LogP contribution < -0.4 is 10.6 Å². The molecule has 0 spiro atoms. The van der Waals surface area contributed by atoms with Crippen molar-refractivity contribution in [2.75, 3.05) is 10.6 Å². The van der Waals surface area contributed by atoms with Crippen molar-refractivity contribution >= 4 is 28.8 Å². The molecule has 0 aliphatic carbocycles. The molecule has 7 nitrogen and oxygen atoms in total. The van der Waals surface area contributed by atoms with Crippen LogP contribution in [0.5, 0.6) is 0 Å². The molecular formula is C19H21N3O4. The second kappa shape index (κ2) is 8.24. The van der Waals surface area contributed by atoms with Gasteiger partial charge in [-0.3, -0.25) is 19.7 Å². The molecule has 2 rings (SSSR count). The summed E-state index contributed by atoms with van der Waals surface area (Å²) in [5, 5.41) is 17.0. The van der Waals surface area contributed by atoms with Gasteiger partial charge in [0.25, 0.3) is 5.69 Å². The van der Waals surface area contributed by atoms with Crippen LogP contribution in [0.2, 0.25) is 0 Å². The monoisotopic (exact) mass is 355 g/mol. The Balaban J connectivity index is 2.08. The minimum Gasteiger partial charge on any atom is -0.375 e. The minimum atomic E-state index is -0.515. The fraction of sp³-hybridized carbons (Fsp3) is 0.263. The summed E-state index contributed by atoms with van der Waals surface area (Å²) in [6.45, 7) is 5.38. The Morgan fingerprint density at radius 1 is 1.12 bits per heavy atom. The van der Waals surface area contributed by atoms with E-state index in [0.717, 1.165) is 5.56 Å². The number of Topliss-reactive ketones (excluding diaryl/α,β-unsaturated/α-hetero) is 1. The number of benzene rings is 2. The lowest BCUT2D eigenvalue weighted by Crippen LogP contribution is -2.17. The quantitative estimate of drug-likeness (QED) is 0.444. The Bertz CT molecular complexity index is 829. The summed E-state index contributed by atoms with van der Waals surface area (Å²) < 4.78 is 0. The number of anilines is 2. The Morgan fingerprint density at radius 3 is 2.31 bits per heavy atom. The standard InChI is InChI=1S/C19H21N3O4/c1-12(2)19(24)21-16-7-4-14(5-8-16)11-20-17-9-6-15(13(3)23)10-18(17)22(25)26/h4-10,12,20H,11H2,1-3H3,(H,21,24). The minimum absolute atomic E-state index is 0.0583. The van der Waals surface area contributed by atoms with Crippen LogP contribution in [-0.4, -0.2) is 16.6 Å². The van der Waals surface area contributed by atoms with E-state index in [2.05, 4.69) is 10.6 Å². The van der Waals surface area contributed by atoms with E-state index in [1.807, 2.05) is 26.0 Å². The average Bonchev–Trinajstić information content (AvgIpc) is 2.60. The zero-order valence-corrected chi connectivity index (χ0v) is 14.9. The van der Waals surface area contributed by atoms with Crippen LogP contribution in [0.4, 0.5) is 17.1 Å². The van der Waals surface area contributed by atoms with Crippen LogP contribution in [-0.2, 0) is 11.3 Å². The van der Waals surface area contributed by atoms with Crippen molar-refractivity contribution in [3.8, 4) is 0 Å². The number of rotatable bonds is 7. The van der Waals surface area contributed by atoms with Gasteiger partial charge in [-0.1, -0.05) is 26.0 Å². The number of nitrogens with one attached hydrogen (secondary N) is 2. The maximum Gasteiger partial charge on any atom is 0.293 e. The summed E-state index contributed by atoms with van der Waals surface area (Å²) in [6, 6.07) is 11.6. The predicted octanol–water partition coefficient (Wildman–Crippen LogP) is 4.00. The number of nitrogens with zero attached hydrogens (tertiary/aromatic N) is 1. The Hall–Kier alpha value is -3.22. The van der Waals surface area contributed by atoms with E-state index in [9.17, 15) is 19.7 Å². The van der Waals surface area contributed by atoms with Crippen molar-refractivity contribution in [1.29, 1.82) is 0 Å². The van der Waals surface area contributed by atoms with E-state index in [0.29, 0.717) is 23.5 Å². The molecule has 0 aliphatic rings. The van der Waals surface area contributed by atoms with Crippen molar-refractivity contribution < 1.29 is 14.5 Å². The van der Waals surface area contributed by atoms with Crippen molar-refractivity contribution in [2.24, 2.45) is 5.92 Å². The molecule has 0 bridgehead atoms. The van der Waals surface area contributed by atoms with Gasteiger partial charge in [0.05, 0.1) is 4.92 Å². The van der Waals surface area contributed by atoms with E-state index < -0.39 is 4.92 Å². The van der Waals surface area contributed by atoms with Gasteiger partial charge in [0, 0.05) is 29.8 Å². The van der Waals surface area contributed by atoms with E-state index in [4.69, 9.17) is 0 Å². The molecule has 136 valence electrons. The number of hydrogen-bond donors (Lipinski definition) is 2. The molecule has 2 aromatic carbocycles. The lowest BCUT2D eigenvalue weighted by Gasteiger charge is -2.10. The first-order valence-corrected chi connectivity index (χ1v) is 8.21. The van der Waals surface area contributed by atoms with Crippen LogP contribution in [0.1, 0.15) is 36.7 Å². The Labute approximate surface area is 151 Å². The van der Waals surface area contributed by atoms with Gasteiger partial charge in [-0.25, -0.2) is 0 Å². The molecule has 2 aromatic rings. The summed E-state index contributed by atoms with van der Waals surface area (Å²) in [5.41, 5.74) is 2.10. The number of hydrogen-bond acceptors (Lipinski definition) is 5. The molecule has 0 atom stereocenters. The maximum atomic E-state index is 11.7. The fourth-order valence-electron chi connectivity index (χ4n) is 2.24. The van der Waals surface area contributed by atoms with Crippen LogP contribution in [0, 0.1) is 16.0 Å². The second-order valence-electron chi connectivity index (χ2n) is 6.24. The summed E-state index contributed by atoms with van der Waals surface area (Å²) >= 11 is 0. The highest BCUT2D eigenvalue weighted by Crippen LogP contribution is 2.26. The van der Waals surface area contributed by atoms with E-state index >= 15 is 0 Å². The van der Waals surface area contributed by atoms with Crippen LogP contribution in [0.15, 0.2) is 42.5 Å². The summed E-state index contributed by atoms with van der Waals surface area (Å²) in [7, 11) is 0. The fourth-order valence-corrected chi connectivity index (χ4v) is 2.24. The molecular weight excluding hydrogens is 334 g/mol. The third-order valence-electron chi connectivity index (χ3n) is 3.83. The molecule has 0 aromatic heterocycles. The number of ketones is 1. The van der Waals surface area contributed by atoms with Crippen LogP contribution >= 0.6 is 0 Å². The van der Waals surface area contributed by atoms with Gasteiger partial charge >= 0.3 is 0 Å². The Kier molecular flexibility index (Phi) is 6.06. The SMILES string of the molecule is CC(=O)c1ccc(NCc2ccc(NC(=O)C(C)C)cc2)c([N+](=O)[O-])c1. The normalized spacial score (nSPS) is 10.5. The van der Waals surface area contributed by atoms with Gasteiger partial charge < -0.3 is 10.6 Å². The highest BCUT2D eigenvalue weighted by atomic mass is 16.6. The number of carbonyl (C=O) groups is 2. The number of carbonyl (C=O) groups excluding carboxylic acids is 2. The van der Waals surface area contributed by atoms with Gasteiger partial charge in [-0.15, -0.1) is 0 Å². The molecule has 0 fully saturated rings. The summed E-state index contributed by atoms with van der Waals surface area (Å²) in [6.07, 6.45) is 0. The topological polar surface area (TPSA) is 101 Å². The van der Waals surface area contributed by atoms with Crippen molar-refractivity contribution in [3.05, 3.63) is 63.7 Å². The molecule has 0 heterocycles. The maximum absolute atomic E-state index is 11.7. The third kappa shape index (κ3) is 4.89. The average molecular weight is 355 g/mol. The Morgan fingerprint density at radius 2 is 1.77 bits per heavy atom. The van der Waals surface area contributed by atoms with Crippen molar-refractivity contribution in [3.63, 3.8) is 0 Å². The zero-order valence-electron chi connectivity index (χ0n) is 14.9. The van der Waals surface area contributed by atoms with Gasteiger partial charge in [0.1, 0.15) is 5.69 Å². The molecule has 0 saturated heterocycles. The molecule has 0 unspecified atom stereocenters. The summed E-state index contributed by atoms with van der Waals surface area (Å²) in [4.78, 5) is 33.8. The first-order valence-electron chi connectivity index (χ1n) is 8.21. The highest BCUT2D eigenvalue weighted by Gasteiger charge is 2.16. The third-order valence-corrected chi connectivity index (χ3v) is 3.83. The van der Waals surface area contributed by atoms with Gasteiger partial charge in [0.15, 0.2) is 5.78 Å². The molecule has 2 N–H and O–H groups in total. The first kappa shape index (κ1) is 19.1. The van der Waals surface area contributed by atoms with Crippen molar-refractivity contribution in [2.45, 2.75) is 27.3 Å². The molecule has 7 heteroatoms. The molecule has 1 amide bonds.